The fourth-order valence-electron chi connectivity index (χ4n) is 2.46. The number of hydroxylamine groups is 1. The highest BCUT2D eigenvalue weighted by Gasteiger charge is 2.25. The third kappa shape index (κ3) is 6.84. The first-order valence-corrected chi connectivity index (χ1v) is 8.34. The molecule has 7 heteroatoms. The first-order valence-electron chi connectivity index (χ1n) is 8.34. The molecule has 0 aromatic heterocycles. The van der Waals surface area contributed by atoms with E-state index < -0.39 is 29.6 Å². The summed E-state index contributed by atoms with van der Waals surface area (Å²) >= 11 is 0. The van der Waals surface area contributed by atoms with E-state index in [1.165, 1.54) is 24.5 Å². The number of aliphatic hydroxyl groups excluding tert-OH is 1. The van der Waals surface area contributed by atoms with Crippen molar-refractivity contribution in [2.45, 2.75) is 51.9 Å². The van der Waals surface area contributed by atoms with Crippen LogP contribution in [-0.4, -0.2) is 45.0 Å². The van der Waals surface area contributed by atoms with Crippen LogP contribution in [0.1, 0.15) is 50.0 Å². The highest BCUT2D eigenvalue weighted by molar-refractivity contribution is 5.97. The summed E-state index contributed by atoms with van der Waals surface area (Å²) in [4.78, 5) is 23.6. The molecule has 2 amide bonds. The Bertz CT molecular complexity index is 684. The van der Waals surface area contributed by atoms with Crippen LogP contribution >= 0.6 is 0 Å². The van der Waals surface area contributed by atoms with Gasteiger partial charge in [-0.1, -0.05) is 25.7 Å². The molecule has 1 aromatic rings. The Morgan fingerprint density at radius 1 is 1.19 bits per heavy atom. The van der Waals surface area contributed by atoms with Crippen molar-refractivity contribution in [2.75, 3.05) is 0 Å². The second kappa shape index (κ2) is 9.34. The zero-order valence-corrected chi connectivity index (χ0v) is 15.4. The van der Waals surface area contributed by atoms with Crippen LogP contribution in [0.5, 0.6) is 0 Å². The van der Waals surface area contributed by atoms with Gasteiger partial charge in [-0.25, -0.2) is 5.48 Å². The average molecular weight is 362 g/mol. The highest BCUT2D eigenvalue weighted by Crippen LogP contribution is 2.15. The molecule has 0 heterocycles. The molecule has 5 N–H and O–H groups in total. The number of hydrogen-bond acceptors (Lipinski definition) is 5. The lowest BCUT2D eigenvalue weighted by Crippen LogP contribution is -2.51. The Hall–Kier alpha value is -2.40. The average Bonchev–Trinajstić information content (AvgIpc) is 2.56. The number of carbonyl (C=O) groups excluding carboxylic acids is 2. The van der Waals surface area contributed by atoms with Gasteiger partial charge in [-0.05, 0) is 50.5 Å². The van der Waals surface area contributed by atoms with E-state index in [4.69, 9.17) is 5.21 Å². The van der Waals surface area contributed by atoms with Crippen molar-refractivity contribution in [3.05, 3.63) is 35.4 Å². The predicted molar refractivity (Wildman–Crippen MR) is 96.3 cm³/mol. The van der Waals surface area contributed by atoms with Crippen molar-refractivity contribution >= 4 is 11.8 Å². The Balaban J connectivity index is 2.84. The second-order valence-electron chi connectivity index (χ2n) is 6.87. The maximum absolute atomic E-state index is 12.2. The summed E-state index contributed by atoms with van der Waals surface area (Å²) in [5, 5.41) is 30.7. The molecule has 0 aliphatic rings. The topological polar surface area (TPSA) is 119 Å². The number of amides is 2. The van der Waals surface area contributed by atoms with E-state index >= 15 is 0 Å². The Morgan fingerprint density at radius 3 is 2.23 bits per heavy atom. The first kappa shape index (κ1) is 21.6. The maximum atomic E-state index is 12.2. The lowest BCUT2D eigenvalue weighted by molar-refractivity contribution is -0.133. The van der Waals surface area contributed by atoms with Crippen LogP contribution in [0, 0.1) is 17.8 Å². The van der Waals surface area contributed by atoms with E-state index in [1.807, 2.05) is 13.8 Å². The molecule has 0 fully saturated rings. The number of hydrogen-bond donors (Lipinski definition) is 5. The number of aliphatic hydroxyl groups is 2. The normalized spacial score (nSPS) is 15.2. The van der Waals surface area contributed by atoms with Gasteiger partial charge in [-0.15, -0.1) is 0 Å². The van der Waals surface area contributed by atoms with Gasteiger partial charge in [0.25, 0.3) is 11.8 Å². The summed E-state index contributed by atoms with van der Waals surface area (Å²) in [5.74, 6) is 4.51. The van der Waals surface area contributed by atoms with E-state index in [-0.39, 0.29) is 5.56 Å². The third-order valence-electron chi connectivity index (χ3n) is 3.59. The van der Waals surface area contributed by atoms with Crippen molar-refractivity contribution in [2.24, 2.45) is 5.92 Å². The monoisotopic (exact) mass is 362 g/mol. The molecule has 1 rings (SSSR count). The lowest BCUT2D eigenvalue weighted by atomic mass is 9.94. The number of nitrogens with one attached hydrogen (secondary N) is 2. The van der Waals surface area contributed by atoms with Gasteiger partial charge in [0, 0.05) is 11.1 Å². The smallest absolute Gasteiger partial charge is 0.268 e. The number of benzene rings is 1. The molecule has 1 unspecified atom stereocenters. The molecule has 1 aromatic carbocycles. The molecule has 0 aliphatic carbocycles. The molecule has 142 valence electrons. The second-order valence-corrected chi connectivity index (χ2v) is 6.87. The van der Waals surface area contributed by atoms with E-state index in [9.17, 15) is 19.8 Å². The van der Waals surface area contributed by atoms with Gasteiger partial charge < -0.3 is 15.5 Å². The van der Waals surface area contributed by atoms with Gasteiger partial charge in [-0.3, -0.25) is 14.8 Å². The molecule has 0 saturated heterocycles. The van der Waals surface area contributed by atoms with E-state index in [0.717, 1.165) is 0 Å². The Kier molecular flexibility index (Phi) is 7.77. The van der Waals surface area contributed by atoms with E-state index in [1.54, 1.807) is 19.1 Å². The minimum absolute atomic E-state index is 0.265. The zero-order valence-electron chi connectivity index (χ0n) is 15.4. The Morgan fingerprint density at radius 2 is 1.77 bits per heavy atom. The van der Waals surface area contributed by atoms with Crippen LogP contribution in [0.25, 0.3) is 0 Å². The quantitative estimate of drug-likeness (QED) is 0.292. The van der Waals surface area contributed by atoms with E-state index in [0.29, 0.717) is 17.9 Å². The van der Waals surface area contributed by atoms with Gasteiger partial charge >= 0.3 is 0 Å². The minimum Gasteiger partial charge on any atom is -0.391 e. The van der Waals surface area contributed by atoms with Crippen molar-refractivity contribution in [3.8, 4) is 11.8 Å². The maximum Gasteiger partial charge on any atom is 0.268 e. The van der Waals surface area contributed by atoms with Crippen molar-refractivity contribution in [1.29, 1.82) is 0 Å². The van der Waals surface area contributed by atoms with Crippen molar-refractivity contribution in [3.63, 3.8) is 0 Å². The van der Waals surface area contributed by atoms with Gasteiger partial charge in [0.05, 0.1) is 6.10 Å². The summed E-state index contributed by atoms with van der Waals surface area (Å²) in [6.07, 6.45) is -0.631. The minimum atomic E-state index is -1.28. The molecular weight excluding hydrogens is 336 g/mol. The van der Waals surface area contributed by atoms with Gasteiger partial charge in [-0.2, -0.15) is 0 Å². The fraction of sp³-hybridized carbons (Fsp3) is 0.474. The molecule has 26 heavy (non-hydrogen) atoms. The highest BCUT2D eigenvalue weighted by atomic mass is 16.5. The lowest BCUT2D eigenvalue weighted by Gasteiger charge is -2.19. The molecular formula is C19H26N2O5. The number of carbonyl (C=O) groups is 2. The fourth-order valence-corrected chi connectivity index (χ4v) is 2.46. The van der Waals surface area contributed by atoms with E-state index in [2.05, 4.69) is 17.2 Å². The summed E-state index contributed by atoms with van der Waals surface area (Å²) < 4.78 is 0. The summed E-state index contributed by atoms with van der Waals surface area (Å²) in [6.45, 7) is 6.98. The summed E-state index contributed by atoms with van der Waals surface area (Å²) in [6, 6.07) is 5.00. The molecule has 0 saturated carbocycles. The summed E-state index contributed by atoms with van der Waals surface area (Å²) in [5.41, 5.74) is 1.21. The molecule has 3 atom stereocenters. The van der Waals surface area contributed by atoms with Crippen molar-refractivity contribution < 1.29 is 25.0 Å². The van der Waals surface area contributed by atoms with Crippen LogP contribution in [-0.2, 0) is 4.79 Å². The van der Waals surface area contributed by atoms with Crippen LogP contribution in [0.15, 0.2) is 24.3 Å². The molecule has 0 aliphatic heterocycles. The predicted octanol–water partition coefficient (Wildman–Crippen LogP) is 0.820. The molecule has 0 bridgehead atoms. The largest absolute Gasteiger partial charge is 0.391 e. The molecule has 0 spiro atoms. The SMILES string of the molecule is CC(C)CC(C)(O)C#Cc1ccc(C(=O)N[C@H](C(=O)NO)[C@@H](C)O)cc1. The van der Waals surface area contributed by atoms with Crippen LogP contribution < -0.4 is 10.8 Å². The third-order valence-corrected chi connectivity index (χ3v) is 3.59. The summed E-state index contributed by atoms with van der Waals surface area (Å²) in [7, 11) is 0. The van der Waals surface area contributed by atoms with Crippen LogP contribution in [0.2, 0.25) is 0 Å². The van der Waals surface area contributed by atoms with Crippen LogP contribution in [0.4, 0.5) is 0 Å². The van der Waals surface area contributed by atoms with Gasteiger partial charge in [0.1, 0.15) is 11.6 Å². The first-order chi connectivity index (χ1) is 12.1. The zero-order chi connectivity index (χ0) is 19.9. The molecule has 7 nitrogen and oxygen atoms in total. The van der Waals surface area contributed by atoms with Crippen LogP contribution in [0.3, 0.4) is 0 Å². The Labute approximate surface area is 153 Å². The standard InChI is InChI=1S/C19H26N2O5/c1-12(2)11-19(4,25)10-9-14-5-7-15(8-6-14)17(23)20-16(13(3)22)18(24)21-26/h5-8,12-13,16,22,25-26H,11H2,1-4H3,(H,20,23)(H,21,24)/t13-,16+,19?/m1/s1. The van der Waals surface area contributed by atoms with Crippen molar-refractivity contribution in [1.82, 2.24) is 10.8 Å². The van der Waals surface area contributed by atoms with Gasteiger partial charge in [0.15, 0.2) is 0 Å². The molecule has 0 radical (unpaired) electrons. The number of rotatable bonds is 6. The van der Waals surface area contributed by atoms with Gasteiger partial charge in [0.2, 0.25) is 0 Å².